The third kappa shape index (κ3) is 1.56. The molecular weight excluding hydrogens is 210 g/mol. The Bertz CT molecular complexity index is 683. The van der Waals surface area contributed by atoms with Gasteiger partial charge in [0.2, 0.25) is 0 Å². The average molecular weight is 223 g/mol. The lowest BCUT2D eigenvalue weighted by atomic mass is 10.1. The molecule has 0 radical (unpaired) electrons. The minimum absolute atomic E-state index is 0.751. The molecule has 3 aromatic rings. The average Bonchev–Trinajstić information content (AvgIpc) is 2.72. The van der Waals surface area contributed by atoms with Crippen LogP contribution in [0.5, 0.6) is 0 Å². The predicted octanol–water partition coefficient (Wildman–Crippen LogP) is 2.89. The van der Waals surface area contributed by atoms with Gasteiger partial charge in [-0.2, -0.15) is 0 Å². The summed E-state index contributed by atoms with van der Waals surface area (Å²) in [6.45, 7) is 2.07. The van der Waals surface area contributed by atoms with E-state index >= 15 is 0 Å². The first-order valence-corrected chi connectivity index (χ1v) is 5.54. The Labute approximate surface area is 99.5 Å². The summed E-state index contributed by atoms with van der Waals surface area (Å²) in [6, 6.07) is 12.0. The summed E-state index contributed by atoms with van der Waals surface area (Å²) >= 11 is 0. The highest BCUT2D eigenvalue weighted by Crippen LogP contribution is 2.25. The van der Waals surface area contributed by atoms with Crippen molar-refractivity contribution in [3.63, 3.8) is 0 Å². The van der Waals surface area contributed by atoms with Crippen LogP contribution in [0, 0.1) is 6.92 Å². The quantitative estimate of drug-likeness (QED) is 0.644. The van der Waals surface area contributed by atoms with E-state index in [4.69, 9.17) is 5.73 Å². The molecule has 0 spiro atoms. The second-order valence-corrected chi connectivity index (χ2v) is 4.17. The summed E-state index contributed by atoms with van der Waals surface area (Å²) < 4.78 is 2.05. The maximum atomic E-state index is 5.98. The van der Waals surface area contributed by atoms with E-state index in [1.807, 2.05) is 36.7 Å². The lowest BCUT2D eigenvalue weighted by Gasteiger charge is -2.04. The molecule has 0 bridgehead atoms. The van der Waals surface area contributed by atoms with Gasteiger partial charge in [-0.3, -0.25) is 4.40 Å². The van der Waals surface area contributed by atoms with E-state index in [0.717, 1.165) is 22.6 Å². The molecule has 3 nitrogen and oxygen atoms in total. The monoisotopic (exact) mass is 223 g/mol. The Hall–Kier alpha value is -2.29. The molecule has 3 rings (SSSR count). The van der Waals surface area contributed by atoms with Crippen LogP contribution in [0.2, 0.25) is 0 Å². The fourth-order valence-corrected chi connectivity index (χ4v) is 2.01. The Morgan fingerprint density at radius 2 is 2.00 bits per heavy atom. The number of pyridine rings is 1. The summed E-state index contributed by atoms with van der Waals surface area (Å²) in [7, 11) is 0. The van der Waals surface area contributed by atoms with E-state index in [1.165, 1.54) is 5.56 Å². The number of nitrogens with two attached hydrogens (primary N) is 1. The summed E-state index contributed by atoms with van der Waals surface area (Å²) in [5.41, 5.74) is 10.0. The molecule has 0 aliphatic carbocycles. The lowest BCUT2D eigenvalue weighted by molar-refractivity contribution is 1.15. The molecule has 0 aliphatic heterocycles. The molecule has 2 N–H and O–H groups in total. The van der Waals surface area contributed by atoms with Crippen LogP contribution in [0.1, 0.15) is 5.56 Å². The summed E-state index contributed by atoms with van der Waals surface area (Å²) in [6.07, 6.45) is 3.90. The zero-order chi connectivity index (χ0) is 11.8. The Balaban J connectivity index is 2.29. The minimum atomic E-state index is 0.751. The molecule has 0 saturated heterocycles. The summed E-state index contributed by atoms with van der Waals surface area (Å²) in [5.74, 6) is 0.887. The first-order chi connectivity index (χ1) is 8.25. The van der Waals surface area contributed by atoms with Gasteiger partial charge in [0.15, 0.2) is 0 Å². The normalized spacial score (nSPS) is 10.9. The van der Waals surface area contributed by atoms with Gasteiger partial charge < -0.3 is 5.73 Å². The molecular formula is C14H13N3. The highest BCUT2D eigenvalue weighted by atomic mass is 15.0. The molecule has 17 heavy (non-hydrogen) atoms. The van der Waals surface area contributed by atoms with Crippen LogP contribution in [-0.2, 0) is 0 Å². The van der Waals surface area contributed by atoms with Crippen molar-refractivity contribution in [2.45, 2.75) is 6.92 Å². The largest absolute Gasteiger partial charge is 0.398 e. The van der Waals surface area contributed by atoms with Crippen LogP contribution in [0.25, 0.3) is 16.9 Å². The van der Waals surface area contributed by atoms with Crippen LogP contribution < -0.4 is 5.73 Å². The fourth-order valence-electron chi connectivity index (χ4n) is 2.01. The Kier molecular flexibility index (Phi) is 2.11. The number of aryl methyl sites for hydroxylation is 1. The zero-order valence-corrected chi connectivity index (χ0v) is 9.59. The molecule has 2 aromatic heterocycles. The van der Waals surface area contributed by atoms with Crippen molar-refractivity contribution >= 4 is 11.2 Å². The van der Waals surface area contributed by atoms with E-state index in [-0.39, 0.29) is 0 Å². The third-order valence-corrected chi connectivity index (χ3v) is 2.89. The van der Waals surface area contributed by atoms with Crippen LogP contribution in [-0.4, -0.2) is 9.38 Å². The number of anilines is 1. The molecule has 0 fully saturated rings. The summed E-state index contributed by atoms with van der Waals surface area (Å²) in [5, 5.41) is 0. The van der Waals surface area contributed by atoms with Gasteiger partial charge in [0.05, 0.1) is 11.7 Å². The molecule has 1 aromatic carbocycles. The van der Waals surface area contributed by atoms with Crippen molar-refractivity contribution in [1.82, 2.24) is 9.38 Å². The number of aromatic nitrogens is 2. The van der Waals surface area contributed by atoms with Gasteiger partial charge in [-0.05, 0) is 36.8 Å². The Morgan fingerprint density at radius 3 is 2.82 bits per heavy atom. The lowest BCUT2D eigenvalue weighted by Crippen LogP contribution is -1.94. The first-order valence-electron chi connectivity index (χ1n) is 5.54. The van der Waals surface area contributed by atoms with Gasteiger partial charge in [0, 0.05) is 17.4 Å². The van der Waals surface area contributed by atoms with Crippen molar-refractivity contribution in [2.24, 2.45) is 0 Å². The van der Waals surface area contributed by atoms with Gasteiger partial charge in [-0.25, -0.2) is 4.98 Å². The smallest absolute Gasteiger partial charge is 0.146 e. The van der Waals surface area contributed by atoms with Crippen molar-refractivity contribution in [3.8, 4) is 11.4 Å². The highest BCUT2D eigenvalue weighted by molar-refractivity contribution is 5.74. The number of para-hydroxylation sites is 1. The standard InChI is InChI=1S/C14H13N3/c1-10-6-7-17-11(8-10)9-16-14(17)12-4-2-3-5-13(12)15/h2-9H,15H2,1H3. The van der Waals surface area contributed by atoms with Gasteiger partial charge in [0.25, 0.3) is 0 Å². The predicted molar refractivity (Wildman–Crippen MR) is 69.8 cm³/mol. The topological polar surface area (TPSA) is 43.3 Å². The SMILES string of the molecule is Cc1ccn2c(-c3ccccc3N)ncc2c1. The molecule has 0 atom stereocenters. The maximum Gasteiger partial charge on any atom is 0.146 e. The van der Waals surface area contributed by atoms with Crippen LogP contribution in [0.4, 0.5) is 5.69 Å². The first kappa shape index (κ1) is 9.90. The molecule has 0 aliphatic rings. The van der Waals surface area contributed by atoms with Crippen molar-refractivity contribution in [3.05, 3.63) is 54.4 Å². The van der Waals surface area contributed by atoms with E-state index in [0.29, 0.717) is 0 Å². The van der Waals surface area contributed by atoms with Crippen LogP contribution in [0.15, 0.2) is 48.8 Å². The molecule has 0 unspecified atom stereocenters. The summed E-state index contributed by atoms with van der Waals surface area (Å²) in [4.78, 5) is 4.45. The van der Waals surface area contributed by atoms with E-state index in [9.17, 15) is 0 Å². The highest BCUT2D eigenvalue weighted by Gasteiger charge is 2.08. The molecule has 3 heteroatoms. The fraction of sp³-hybridized carbons (Fsp3) is 0.0714. The number of benzene rings is 1. The van der Waals surface area contributed by atoms with Crippen molar-refractivity contribution in [2.75, 3.05) is 5.73 Å². The molecule has 2 heterocycles. The maximum absolute atomic E-state index is 5.98. The number of rotatable bonds is 1. The van der Waals surface area contributed by atoms with Crippen molar-refractivity contribution < 1.29 is 0 Å². The number of fused-ring (bicyclic) bond motifs is 1. The zero-order valence-electron chi connectivity index (χ0n) is 9.59. The molecule has 0 amide bonds. The van der Waals surface area contributed by atoms with Gasteiger partial charge >= 0.3 is 0 Å². The van der Waals surface area contributed by atoms with E-state index in [2.05, 4.69) is 28.4 Å². The van der Waals surface area contributed by atoms with Gasteiger partial charge in [-0.15, -0.1) is 0 Å². The number of hydrogen-bond donors (Lipinski definition) is 1. The van der Waals surface area contributed by atoms with Gasteiger partial charge in [0.1, 0.15) is 5.82 Å². The number of nitrogen functional groups attached to an aromatic ring is 1. The molecule has 0 saturated carbocycles. The second kappa shape index (κ2) is 3.63. The second-order valence-electron chi connectivity index (χ2n) is 4.17. The van der Waals surface area contributed by atoms with Crippen LogP contribution >= 0.6 is 0 Å². The number of hydrogen-bond acceptors (Lipinski definition) is 2. The Morgan fingerprint density at radius 1 is 1.18 bits per heavy atom. The number of nitrogens with zero attached hydrogens (tertiary/aromatic N) is 2. The van der Waals surface area contributed by atoms with Crippen LogP contribution in [0.3, 0.4) is 0 Å². The minimum Gasteiger partial charge on any atom is -0.398 e. The number of imidazole rings is 1. The molecule has 84 valence electrons. The van der Waals surface area contributed by atoms with Gasteiger partial charge in [-0.1, -0.05) is 12.1 Å². The third-order valence-electron chi connectivity index (χ3n) is 2.89. The van der Waals surface area contributed by atoms with Crippen molar-refractivity contribution in [1.29, 1.82) is 0 Å². The van der Waals surface area contributed by atoms with E-state index < -0.39 is 0 Å². The van der Waals surface area contributed by atoms with E-state index in [1.54, 1.807) is 0 Å².